The van der Waals surface area contributed by atoms with Crippen LogP contribution in [0, 0.1) is 6.92 Å². The Balaban J connectivity index is 1.61. The number of oxazole rings is 1. The first-order valence-electron chi connectivity index (χ1n) is 12.1. The Kier molecular flexibility index (Phi) is 10.0. The molecule has 0 aliphatic heterocycles. The van der Waals surface area contributed by atoms with E-state index in [1.54, 1.807) is 43.3 Å². The maximum Gasteiger partial charge on any atom is 0.314 e. The smallest absolute Gasteiger partial charge is 0.314 e. The number of hydrogen-bond acceptors (Lipinski definition) is 7. The molecule has 7 nitrogen and oxygen atoms in total. The topological polar surface area (TPSA) is 87.9 Å². The van der Waals surface area contributed by atoms with Gasteiger partial charge in [0.25, 0.3) is 11.7 Å². The molecule has 0 aliphatic rings. The van der Waals surface area contributed by atoms with Gasteiger partial charge in [-0.05, 0) is 31.9 Å². The van der Waals surface area contributed by atoms with Crippen molar-refractivity contribution in [1.29, 1.82) is 0 Å². The largest absolute Gasteiger partial charge is 0.494 e. The van der Waals surface area contributed by atoms with Gasteiger partial charge >= 0.3 is 5.92 Å². The predicted octanol–water partition coefficient (Wildman–Crippen LogP) is 6.43. The second-order valence-corrected chi connectivity index (χ2v) is 8.56. The van der Waals surface area contributed by atoms with Crippen molar-refractivity contribution >= 4 is 11.6 Å². The Morgan fingerprint density at radius 2 is 1.84 bits per heavy atom. The zero-order valence-corrected chi connectivity index (χ0v) is 21.2. The number of carbonyl (C=O) groups excluding carboxylic acids is 2. The van der Waals surface area contributed by atoms with Gasteiger partial charge in [0, 0.05) is 31.1 Å². The van der Waals surface area contributed by atoms with Gasteiger partial charge in [0.1, 0.15) is 24.8 Å². The lowest BCUT2D eigenvalue weighted by Crippen LogP contribution is -2.29. The van der Waals surface area contributed by atoms with E-state index in [0.29, 0.717) is 29.7 Å². The summed E-state index contributed by atoms with van der Waals surface area (Å²) < 4.78 is 50.7. The van der Waals surface area contributed by atoms with Crippen LogP contribution in [0.1, 0.15) is 65.0 Å². The van der Waals surface area contributed by atoms with Gasteiger partial charge in [-0.25, -0.2) is 4.98 Å². The van der Waals surface area contributed by atoms with Crippen molar-refractivity contribution in [2.45, 2.75) is 52.1 Å². The summed E-state index contributed by atoms with van der Waals surface area (Å²) in [7, 11) is 1.45. The molecule has 3 aromatic rings. The molecule has 0 fully saturated rings. The summed E-state index contributed by atoms with van der Waals surface area (Å²) in [5.74, 6) is -5.15. The predicted molar refractivity (Wildman–Crippen MR) is 133 cm³/mol. The maximum atomic E-state index is 14.8. The third kappa shape index (κ3) is 7.77. The number of unbranched alkanes of at least 4 members (excludes halogenated alkanes) is 1. The maximum absolute atomic E-state index is 14.8. The standard InChI is InChI=1S/C28H31F2NO6/c1-4-23(32)21-8-7-9-22(16-21)36-15-6-5-14-28(29,30)26(33)27-31-25(20-12-10-19(2)11-13-20)24(37-27)17-35-18-34-3/h7-13,16H,4-6,14-15,17-18H2,1-3H3. The summed E-state index contributed by atoms with van der Waals surface area (Å²) in [6.07, 6.45) is 0.0410. The van der Waals surface area contributed by atoms with Gasteiger partial charge < -0.3 is 18.6 Å². The number of halogens is 2. The molecule has 1 heterocycles. The Labute approximate surface area is 214 Å². The highest BCUT2D eigenvalue weighted by atomic mass is 19.3. The summed E-state index contributed by atoms with van der Waals surface area (Å²) in [4.78, 5) is 28.5. The minimum atomic E-state index is -3.66. The number of hydrogen-bond donors (Lipinski definition) is 0. The zero-order chi connectivity index (χ0) is 26.8. The van der Waals surface area contributed by atoms with Crippen LogP contribution in [0.2, 0.25) is 0 Å². The van der Waals surface area contributed by atoms with E-state index in [9.17, 15) is 18.4 Å². The average molecular weight is 516 g/mol. The molecule has 37 heavy (non-hydrogen) atoms. The van der Waals surface area contributed by atoms with Crippen molar-refractivity contribution in [1.82, 2.24) is 4.98 Å². The minimum Gasteiger partial charge on any atom is -0.494 e. The van der Waals surface area contributed by atoms with Crippen LogP contribution in [-0.2, 0) is 16.1 Å². The zero-order valence-electron chi connectivity index (χ0n) is 21.2. The van der Waals surface area contributed by atoms with Crippen LogP contribution in [0.15, 0.2) is 52.9 Å². The third-order valence-electron chi connectivity index (χ3n) is 5.61. The average Bonchev–Trinajstić information content (AvgIpc) is 3.32. The fourth-order valence-corrected chi connectivity index (χ4v) is 3.57. The van der Waals surface area contributed by atoms with E-state index in [1.807, 2.05) is 19.1 Å². The molecule has 0 unspecified atom stereocenters. The number of benzene rings is 2. The number of nitrogens with zero attached hydrogens (tertiary/aromatic N) is 1. The minimum absolute atomic E-state index is 0.00547. The Bertz CT molecular complexity index is 1190. The van der Waals surface area contributed by atoms with Crippen LogP contribution < -0.4 is 4.74 Å². The van der Waals surface area contributed by atoms with Gasteiger partial charge in [0.2, 0.25) is 0 Å². The highest BCUT2D eigenvalue weighted by Crippen LogP contribution is 2.31. The summed E-state index contributed by atoms with van der Waals surface area (Å²) >= 11 is 0. The van der Waals surface area contributed by atoms with E-state index in [1.165, 1.54) is 7.11 Å². The van der Waals surface area contributed by atoms with Crippen molar-refractivity contribution in [2.24, 2.45) is 0 Å². The van der Waals surface area contributed by atoms with Crippen molar-refractivity contribution in [3.63, 3.8) is 0 Å². The van der Waals surface area contributed by atoms with Crippen LogP contribution >= 0.6 is 0 Å². The number of ether oxygens (including phenoxy) is 3. The molecule has 0 aliphatic carbocycles. The van der Waals surface area contributed by atoms with Crippen molar-refractivity contribution in [3.05, 3.63) is 71.3 Å². The van der Waals surface area contributed by atoms with Gasteiger partial charge in [0.05, 0.1) is 6.61 Å². The number of Topliss-reactive ketones (excluding diaryl/α,β-unsaturated/α-hetero) is 2. The Morgan fingerprint density at radius 3 is 2.54 bits per heavy atom. The van der Waals surface area contributed by atoms with E-state index in [-0.39, 0.29) is 43.7 Å². The van der Waals surface area contributed by atoms with Crippen molar-refractivity contribution in [2.75, 3.05) is 20.5 Å². The number of ketones is 2. The molecular formula is C28H31F2NO6. The molecule has 0 saturated carbocycles. The molecule has 0 saturated heterocycles. The van der Waals surface area contributed by atoms with E-state index in [2.05, 4.69) is 4.98 Å². The van der Waals surface area contributed by atoms with Gasteiger partial charge in [0.15, 0.2) is 11.5 Å². The molecule has 0 amide bonds. The number of rotatable bonds is 15. The molecule has 198 valence electrons. The molecule has 9 heteroatoms. The molecule has 0 radical (unpaired) electrons. The highest BCUT2D eigenvalue weighted by molar-refractivity contribution is 5.98. The molecule has 0 bridgehead atoms. The normalized spacial score (nSPS) is 11.5. The monoisotopic (exact) mass is 515 g/mol. The first-order valence-corrected chi connectivity index (χ1v) is 12.1. The number of methoxy groups -OCH3 is 1. The van der Waals surface area contributed by atoms with Gasteiger partial charge in [-0.1, -0.05) is 48.9 Å². The molecule has 0 N–H and O–H groups in total. The summed E-state index contributed by atoms with van der Waals surface area (Å²) in [5.41, 5.74) is 2.44. The second kappa shape index (κ2) is 13.2. The number of carbonyl (C=O) groups is 2. The second-order valence-electron chi connectivity index (χ2n) is 8.56. The van der Waals surface area contributed by atoms with Crippen molar-refractivity contribution in [3.8, 4) is 17.0 Å². The van der Waals surface area contributed by atoms with Crippen LogP contribution in [0.5, 0.6) is 5.75 Å². The molecular weight excluding hydrogens is 484 g/mol. The first kappa shape index (κ1) is 28.1. The molecule has 0 atom stereocenters. The lowest BCUT2D eigenvalue weighted by atomic mass is 10.1. The first-order chi connectivity index (χ1) is 17.7. The molecule has 2 aromatic carbocycles. The third-order valence-corrected chi connectivity index (χ3v) is 5.61. The van der Waals surface area contributed by atoms with E-state index in [0.717, 1.165) is 5.56 Å². The molecule has 0 spiro atoms. The van der Waals surface area contributed by atoms with Gasteiger partial charge in [-0.15, -0.1) is 0 Å². The molecule has 3 rings (SSSR count). The lowest BCUT2D eigenvalue weighted by molar-refractivity contribution is -0.0442. The number of aryl methyl sites for hydroxylation is 1. The van der Waals surface area contributed by atoms with E-state index in [4.69, 9.17) is 18.6 Å². The number of aromatic nitrogens is 1. The fraction of sp³-hybridized carbons (Fsp3) is 0.393. The van der Waals surface area contributed by atoms with Crippen LogP contribution in [-0.4, -0.2) is 43.0 Å². The Hall–Kier alpha value is -3.43. The van der Waals surface area contributed by atoms with Crippen LogP contribution in [0.3, 0.4) is 0 Å². The summed E-state index contributed by atoms with van der Waals surface area (Å²) in [6.45, 7) is 3.74. The lowest BCUT2D eigenvalue weighted by Gasteiger charge is -2.13. The highest BCUT2D eigenvalue weighted by Gasteiger charge is 2.42. The van der Waals surface area contributed by atoms with Gasteiger partial charge in [-0.2, -0.15) is 8.78 Å². The van der Waals surface area contributed by atoms with Crippen molar-refractivity contribution < 1.29 is 37.0 Å². The summed E-state index contributed by atoms with van der Waals surface area (Å²) in [5, 5.41) is 0. The summed E-state index contributed by atoms with van der Waals surface area (Å²) in [6, 6.07) is 14.0. The van der Waals surface area contributed by atoms with E-state index >= 15 is 0 Å². The van der Waals surface area contributed by atoms with E-state index < -0.39 is 24.0 Å². The quantitative estimate of drug-likeness (QED) is 0.131. The number of alkyl halides is 2. The Morgan fingerprint density at radius 1 is 1.08 bits per heavy atom. The van der Waals surface area contributed by atoms with Crippen LogP contribution in [0.25, 0.3) is 11.3 Å². The SMILES string of the molecule is CCC(=O)c1cccc(OCCCCC(F)(F)C(=O)c2nc(-c3ccc(C)cc3)c(COCOC)o2)c1. The molecule has 1 aromatic heterocycles. The van der Waals surface area contributed by atoms with Gasteiger partial charge in [-0.3, -0.25) is 9.59 Å². The fourth-order valence-electron chi connectivity index (χ4n) is 3.57. The van der Waals surface area contributed by atoms with Crippen LogP contribution in [0.4, 0.5) is 8.78 Å².